The molecule has 174 valence electrons. The van der Waals surface area contributed by atoms with E-state index in [1.165, 1.54) is 4.57 Å². The fourth-order valence-electron chi connectivity index (χ4n) is 4.13. The Bertz CT molecular complexity index is 1390. The fourth-order valence-corrected chi connectivity index (χ4v) is 4.13. The Kier molecular flexibility index (Phi) is 6.41. The molecule has 6 heteroatoms. The molecule has 2 N–H and O–H groups in total. The van der Waals surface area contributed by atoms with Crippen LogP contribution in [-0.4, -0.2) is 29.6 Å². The van der Waals surface area contributed by atoms with Crippen molar-refractivity contribution >= 4 is 28.1 Å². The van der Waals surface area contributed by atoms with Crippen LogP contribution in [0.15, 0.2) is 77.6 Å². The van der Waals surface area contributed by atoms with Crippen LogP contribution < -0.4 is 15.8 Å². The summed E-state index contributed by atoms with van der Waals surface area (Å²) < 4.78 is 1.41. The van der Waals surface area contributed by atoms with Gasteiger partial charge in [0.1, 0.15) is 11.3 Å². The lowest BCUT2D eigenvalue weighted by molar-refractivity contribution is 0.0972. The van der Waals surface area contributed by atoms with E-state index in [0.29, 0.717) is 10.9 Å². The minimum Gasteiger partial charge on any atom is -0.506 e. The summed E-state index contributed by atoms with van der Waals surface area (Å²) in [6.45, 7) is 2.02. The number of para-hydroxylation sites is 1. The van der Waals surface area contributed by atoms with E-state index < -0.39 is 11.3 Å². The number of benzene rings is 3. The van der Waals surface area contributed by atoms with Gasteiger partial charge in [-0.3, -0.25) is 9.59 Å². The predicted molar refractivity (Wildman–Crippen MR) is 138 cm³/mol. The Labute approximate surface area is 199 Å². The van der Waals surface area contributed by atoms with Crippen LogP contribution in [0.25, 0.3) is 10.9 Å². The molecular formula is C28H29N3O3. The molecule has 1 aromatic heterocycles. The van der Waals surface area contributed by atoms with Gasteiger partial charge in [-0.15, -0.1) is 0 Å². The number of hydrogen-bond donors (Lipinski definition) is 2. The average Bonchev–Trinajstić information content (AvgIpc) is 2.84. The zero-order chi connectivity index (χ0) is 24.4. The van der Waals surface area contributed by atoms with Gasteiger partial charge >= 0.3 is 0 Å². The molecule has 6 nitrogen and oxygen atoms in total. The molecule has 0 aliphatic rings. The normalized spacial score (nSPS) is 11.9. The van der Waals surface area contributed by atoms with Crippen LogP contribution in [0.3, 0.4) is 0 Å². The highest BCUT2D eigenvalue weighted by Gasteiger charge is 2.25. The molecule has 1 atom stereocenters. The van der Waals surface area contributed by atoms with Crippen molar-refractivity contribution in [3.63, 3.8) is 0 Å². The Hall–Kier alpha value is -4.06. The van der Waals surface area contributed by atoms with Gasteiger partial charge in [-0.05, 0) is 48.9 Å². The van der Waals surface area contributed by atoms with Crippen molar-refractivity contribution in [2.45, 2.75) is 19.4 Å². The summed E-state index contributed by atoms with van der Waals surface area (Å²) in [5, 5.41) is 14.8. The van der Waals surface area contributed by atoms with Crippen LogP contribution in [0.2, 0.25) is 0 Å². The lowest BCUT2D eigenvalue weighted by atomic mass is 9.96. The molecule has 4 rings (SSSR count). The molecule has 0 aliphatic heterocycles. The number of hydrogen-bond acceptors (Lipinski definition) is 5. The first kappa shape index (κ1) is 23.1. The van der Waals surface area contributed by atoms with Crippen LogP contribution in [0, 0.1) is 6.92 Å². The van der Waals surface area contributed by atoms with E-state index in [1.807, 2.05) is 74.4 Å². The molecule has 4 aromatic rings. The standard InChI is InChI=1S/C28H29N3O3/c1-18-9-13-20(14-10-18)29-23(19-11-15-21(16-12-19)30(2)3)17-25(32)26-27(33)22-7-5-6-8-24(22)31(4)28(26)34/h5-16,23,29,33H,17H2,1-4H3/t23-/m1/s1. The Morgan fingerprint density at radius 1 is 1.00 bits per heavy atom. The third-order valence-corrected chi connectivity index (χ3v) is 6.15. The van der Waals surface area contributed by atoms with Crippen molar-refractivity contribution in [1.82, 2.24) is 4.57 Å². The SMILES string of the molecule is Cc1ccc(N[C@H](CC(=O)c2c(O)c3ccccc3n(C)c2=O)c2ccc(N(C)C)cc2)cc1. The van der Waals surface area contributed by atoms with Gasteiger partial charge in [0.25, 0.3) is 5.56 Å². The maximum absolute atomic E-state index is 13.5. The number of pyridine rings is 1. The average molecular weight is 456 g/mol. The number of fused-ring (bicyclic) bond motifs is 1. The van der Waals surface area contributed by atoms with Crippen LogP contribution in [0.5, 0.6) is 5.75 Å². The lowest BCUT2D eigenvalue weighted by Crippen LogP contribution is -2.26. The van der Waals surface area contributed by atoms with Gasteiger partial charge in [-0.1, -0.05) is 42.0 Å². The summed E-state index contributed by atoms with van der Waals surface area (Å²) in [5.41, 5.74) is 3.87. The first-order chi connectivity index (χ1) is 16.3. The first-order valence-corrected chi connectivity index (χ1v) is 11.2. The summed E-state index contributed by atoms with van der Waals surface area (Å²) in [6, 6.07) is 22.5. The van der Waals surface area contributed by atoms with Gasteiger partial charge in [0.05, 0.1) is 11.6 Å². The molecule has 0 spiro atoms. The molecule has 3 aromatic carbocycles. The van der Waals surface area contributed by atoms with E-state index in [9.17, 15) is 14.7 Å². The first-order valence-electron chi connectivity index (χ1n) is 11.2. The lowest BCUT2D eigenvalue weighted by Gasteiger charge is -2.22. The van der Waals surface area contributed by atoms with Gasteiger partial charge in [-0.2, -0.15) is 0 Å². The van der Waals surface area contributed by atoms with Crippen LogP contribution in [0.4, 0.5) is 11.4 Å². The number of ketones is 1. The van der Waals surface area contributed by atoms with Crippen molar-refractivity contribution in [3.8, 4) is 5.75 Å². The van der Waals surface area contributed by atoms with Crippen molar-refractivity contribution in [3.05, 3.63) is 99.8 Å². The molecule has 0 aliphatic carbocycles. The maximum atomic E-state index is 13.5. The smallest absolute Gasteiger partial charge is 0.265 e. The highest BCUT2D eigenvalue weighted by Crippen LogP contribution is 2.30. The molecule has 0 saturated heterocycles. The third kappa shape index (κ3) is 4.53. The summed E-state index contributed by atoms with van der Waals surface area (Å²) in [5.74, 6) is -0.675. The fraction of sp³-hybridized carbons (Fsp3) is 0.214. The number of Topliss-reactive ketones (excluding diaryl/α,β-unsaturated/α-hetero) is 1. The minimum absolute atomic E-state index is 0.0102. The number of carbonyl (C=O) groups excluding carboxylic acids is 1. The van der Waals surface area contributed by atoms with E-state index >= 15 is 0 Å². The van der Waals surface area contributed by atoms with Crippen LogP contribution in [-0.2, 0) is 7.05 Å². The number of aryl methyl sites for hydroxylation is 2. The van der Waals surface area contributed by atoms with Crippen molar-refractivity contribution in [2.75, 3.05) is 24.3 Å². The summed E-state index contributed by atoms with van der Waals surface area (Å²) >= 11 is 0. The number of nitrogens with zero attached hydrogens (tertiary/aromatic N) is 2. The molecule has 0 saturated carbocycles. The molecule has 0 unspecified atom stereocenters. The second-order valence-electron chi connectivity index (χ2n) is 8.78. The Balaban J connectivity index is 1.73. The zero-order valence-corrected chi connectivity index (χ0v) is 19.9. The molecule has 0 bridgehead atoms. The summed E-state index contributed by atoms with van der Waals surface area (Å²) in [7, 11) is 5.56. The van der Waals surface area contributed by atoms with Crippen molar-refractivity contribution in [1.29, 1.82) is 0 Å². The third-order valence-electron chi connectivity index (χ3n) is 6.15. The Morgan fingerprint density at radius 3 is 2.29 bits per heavy atom. The molecule has 0 fully saturated rings. The largest absolute Gasteiger partial charge is 0.506 e. The molecule has 0 radical (unpaired) electrons. The number of nitrogens with one attached hydrogen (secondary N) is 1. The van der Waals surface area contributed by atoms with Crippen LogP contribution >= 0.6 is 0 Å². The zero-order valence-electron chi connectivity index (χ0n) is 19.9. The highest BCUT2D eigenvalue weighted by atomic mass is 16.3. The number of rotatable bonds is 7. The number of aromatic nitrogens is 1. The van der Waals surface area contributed by atoms with Gasteiger partial charge < -0.3 is 19.9 Å². The Morgan fingerprint density at radius 2 is 1.65 bits per heavy atom. The molecule has 1 heterocycles. The molecule has 0 amide bonds. The minimum atomic E-state index is -0.502. The quantitative estimate of drug-likeness (QED) is 0.382. The number of aromatic hydroxyl groups is 1. The van der Waals surface area contributed by atoms with Crippen molar-refractivity contribution < 1.29 is 9.90 Å². The second kappa shape index (κ2) is 9.43. The molecular weight excluding hydrogens is 426 g/mol. The van der Waals surface area contributed by atoms with E-state index in [1.54, 1.807) is 31.3 Å². The number of carbonyl (C=O) groups is 1. The monoisotopic (exact) mass is 455 g/mol. The van der Waals surface area contributed by atoms with E-state index in [-0.39, 0.29) is 23.8 Å². The maximum Gasteiger partial charge on any atom is 0.265 e. The topological polar surface area (TPSA) is 74.6 Å². The van der Waals surface area contributed by atoms with Gasteiger partial charge in [-0.25, -0.2) is 0 Å². The predicted octanol–water partition coefficient (Wildman–Crippen LogP) is 5.04. The summed E-state index contributed by atoms with van der Waals surface area (Å²) in [6.07, 6.45) is 0.0102. The van der Waals surface area contributed by atoms with E-state index in [0.717, 1.165) is 22.5 Å². The van der Waals surface area contributed by atoms with Crippen LogP contribution in [0.1, 0.15) is 33.9 Å². The summed E-state index contributed by atoms with van der Waals surface area (Å²) in [4.78, 5) is 28.5. The molecule has 34 heavy (non-hydrogen) atoms. The second-order valence-corrected chi connectivity index (χ2v) is 8.78. The highest BCUT2D eigenvalue weighted by molar-refractivity contribution is 6.03. The van der Waals surface area contributed by atoms with E-state index in [2.05, 4.69) is 5.32 Å². The number of anilines is 2. The van der Waals surface area contributed by atoms with Gasteiger partial charge in [0.15, 0.2) is 5.78 Å². The van der Waals surface area contributed by atoms with Crippen molar-refractivity contribution in [2.24, 2.45) is 7.05 Å². The van der Waals surface area contributed by atoms with Gasteiger partial charge in [0, 0.05) is 44.3 Å². The van der Waals surface area contributed by atoms with Gasteiger partial charge in [0.2, 0.25) is 0 Å². The van der Waals surface area contributed by atoms with E-state index in [4.69, 9.17) is 0 Å².